The number of amides is 1. The third-order valence-electron chi connectivity index (χ3n) is 7.40. The van der Waals surface area contributed by atoms with E-state index in [4.69, 9.17) is 14.5 Å². The van der Waals surface area contributed by atoms with E-state index in [0.717, 1.165) is 27.8 Å². The Morgan fingerprint density at radius 3 is 2.58 bits per heavy atom. The molecule has 9 heteroatoms. The third kappa shape index (κ3) is 6.66. The highest BCUT2D eigenvalue weighted by Crippen LogP contribution is 2.31. The maximum Gasteiger partial charge on any atom is 0.358 e. The molecule has 0 aliphatic carbocycles. The summed E-state index contributed by atoms with van der Waals surface area (Å²) in [6.45, 7) is 4.90. The Balaban J connectivity index is 1.25. The number of hydrogen-bond donors (Lipinski definition) is 0. The van der Waals surface area contributed by atoms with Gasteiger partial charge < -0.3 is 14.4 Å². The van der Waals surface area contributed by atoms with Gasteiger partial charge in [0.15, 0.2) is 10.8 Å². The number of para-hydroxylation sites is 2. The first-order valence-electron chi connectivity index (χ1n) is 14.8. The van der Waals surface area contributed by atoms with Gasteiger partial charge in [-0.1, -0.05) is 65.6 Å². The summed E-state index contributed by atoms with van der Waals surface area (Å²) < 4.78 is 12.2. The highest BCUT2D eigenvalue weighted by Gasteiger charge is 2.27. The number of fused-ring (bicyclic) bond motifs is 2. The van der Waals surface area contributed by atoms with Gasteiger partial charge in [-0.15, -0.1) is 0 Å². The van der Waals surface area contributed by atoms with E-state index in [9.17, 15) is 9.59 Å². The van der Waals surface area contributed by atoms with Crippen LogP contribution in [0.15, 0.2) is 84.9 Å². The number of carbonyl (C=O) groups excluding carboxylic acids is 2. The van der Waals surface area contributed by atoms with Gasteiger partial charge in [0.25, 0.3) is 5.91 Å². The van der Waals surface area contributed by atoms with E-state index in [0.29, 0.717) is 40.9 Å². The summed E-state index contributed by atoms with van der Waals surface area (Å²) in [5.41, 5.74) is 4.17. The first-order chi connectivity index (χ1) is 21.9. The van der Waals surface area contributed by atoms with Crippen LogP contribution in [0.1, 0.15) is 51.4 Å². The SMILES string of the molecule is CC(C)OC(=O)c1nc(N2CCc3cccc(C(=O)N(C)c4nc5ccccc5s4)c3C2)ccc1C#CCOc1ccccc1. The van der Waals surface area contributed by atoms with Crippen molar-refractivity contribution in [2.45, 2.75) is 32.9 Å². The predicted molar refractivity (Wildman–Crippen MR) is 177 cm³/mol. The molecular weight excluding hydrogens is 584 g/mol. The van der Waals surface area contributed by atoms with Crippen molar-refractivity contribution in [2.24, 2.45) is 0 Å². The van der Waals surface area contributed by atoms with Crippen molar-refractivity contribution < 1.29 is 19.1 Å². The standard InChI is InChI=1S/C36H32N4O4S/c1-24(2)44-35(42)33-26(12-10-22-43-27-13-5-4-6-14-27)18-19-32(38-33)40-21-20-25-11-9-15-28(29(25)23-40)34(41)39(3)36-37-30-16-7-8-17-31(30)45-36/h4-9,11,13-19,24H,20-23H2,1-3H3. The van der Waals surface area contributed by atoms with E-state index in [1.807, 2.05) is 72.8 Å². The van der Waals surface area contributed by atoms with Gasteiger partial charge in [0.1, 0.15) is 18.2 Å². The molecule has 0 bridgehead atoms. The number of pyridine rings is 1. The lowest BCUT2D eigenvalue weighted by Gasteiger charge is -2.31. The zero-order valence-corrected chi connectivity index (χ0v) is 26.1. The van der Waals surface area contributed by atoms with E-state index in [-0.39, 0.29) is 24.3 Å². The average Bonchev–Trinajstić information content (AvgIpc) is 3.50. The van der Waals surface area contributed by atoms with Gasteiger partial charge in [-0.05, 0) is 73.9 Å². The fraction of sp³-hybridized carbons (Fsp3) is 0.222. The van der Waals surface area contributed by atoms with Gasteiger partial charge in [-0.25, -0.2) is 14.8 Å². The minimum atomic E-state index is -0.536. The number of rotatable bonds is 7. The number of nitrogens with zero attached hydrogens (tertiary/aromatic N) is 4. The molecule has 1 amide bonds. The largest absolute Gasteiger partial charge is 0.481 e. The second-order valence-corrected chi connectivity index (χ2v) is 11.9. The topological polar surface area (TPSA) is 84.9 Å². The fourth-order valence-corrected chi connectivity index (χ4v) is 6.09. The van der Waals surface area contributed by atoms with Crippen LogP contribution in [-0.4, -0.2) is 48.1 Å². The minimum absolute atomic E-state index is 0.120. The first kappa shape index (κ1) is 29.9. The summed E-state index contributed by atoms with van der Waals surface area (Å²) in [6.07, 6.45) is 0.417. The smallest absolute Gasteiger partial charge is 0.358 e. The number of hydrogen-bond acceptors (Lipinski definition) is 8. The molecule has 0 radical (unpaired) electrons. The lowest BCUT2D eigenvalue weighted by atomic mass is 9.94. The molecule has 45 heavy (non-hydrogen) atoms. The maximum atomic E-state index is 13.8. The summed E-state index contributed by atoms with van der Waals surface area (Å²) in [5, 5.41) is 0.646. The van der Waals surface area contributed by atoms with Crippen LogP contribution in [0.2, 0.25) is 0 Å². The molecule has 0 saturated carbocycles. The Hall–Kier alpha value is -5.20. The van der Waals surface area contributed by atoms with Gasteiger partial charge in [0.2, 0.25) is 0 Å². The number of thiazole rings is 1. The Labute approximate surface area is 266 Å². The molecule has 0 atom stereocenters. The minimum Gasteiger partial charge on any atom is -0.481 e. The molecule has 0 N–H and O–H groups in total. The molecule has 0 saturated heterocycles. The number of aromatic nitrogens is 2. The van der Waals surface area contributed by atoms with Crippen molar-refractivity contribution in [3.63, 3.8) is 0 Å². The van der Waals surface area contributed by atoms with Crippen molar-refractivity contribution in [3.05, 3.63) is 113 Å². The Kier molecular flexibility index (Phi) is 8.76. The third-order valence-corrected chi connectivity index (χ3v) is 8.51. The fourth-order valence-electron chi connectivity index (χ4n) is 5.17. The predicted octanol–water partition coefficient (Wildman–Crippen LogP) is 6.53. The molecule has 2 aromatic heterocycles. The summed E-state index contributed by atoms with van der Waals surface area (Å²) in [6, 6.07) is 26.8. The second-order valence-electron chi connectivity index (χ2n) is 10.9. The number of anilines is 2. The van der Waals surface area contributed by atoms with E-state index < -0.39 is 5.97 Å². The Bertz CT molecular complexity index is 1890. The van der Waals surface area contributed by atoms with Crippen molar-refractivity contribution >= 4 is 44.4 Å². The van der Waals surface area contributed by atoms with Crippen molar-refractivity contribution in [1.82, 2.24) is 9.97 Å². The molecule has 0 spiro atoms. The molecule has 1 aliphatic rings. The maximum absolute atomic E-state index is 13.8. The van der Waals surface area contributed by atoms with Crippen LogP contribution < -0.4 is 14.5 Å². The Morgan fingerprint density at radius 1 is 0.978 bits per heavy atom. The summed E-state index contributed by atoms with van der Waals surface area (Å²) >= 11 is 1.49. The quantitative estimate of drug-likeness (QED) is 0.152. The molecule has 0 fully saturated rings. The Morgan fingerprint density at radius 2 is 1.78 bits per heavy atom. The van der Waals surface area contributed by atoms with E-state index in [2.05, 4.69) is 27.8 Å². The van der Waals surface area contributed by atoms with Gasteiger partial charge in [0, 0.05) is 25.7 Å². The van der Waals surface area contributed by atoms with Crippen molar-refractivity contribution in [1.29, 1.82) is 0 Å². The van der Waals surface area contributed by atoms with Crippen LogP contribution in [0.5, 0.6) is 5.75 Å². The molecule has 8 nitrogen and oxygen atoms in total. The molecule has 226 valence electrons. The zero-order chi connectivity index (χ0) is 31.3. The highest BCUT2D eigenvalue weighted by atomic mass is 32.1. The molecule has 3 aromatic carbocycles. The lowest BCUT2D eigenvalue weighted by molar-refractivity contribution is 0.0370. The normalized spacial score (nSPS) is 12.3. The molecule has 1 aliphatic heterocycles. The molecule has 6 rings (SSSR count). The van der Waals surface area contributed by atoms with Gasteiger partial charge >= 0.3 is 5.97 Å². The number of carbonyl (C=O) groups is 2. The van der Waals surface area contributed by atoms with E-state index in [1.54, 1.807) is 31.9 Å². The van der Waals surface area contributed by atoms with Crippen LogP contribution in [0.3, 0.4) is 0 Å². The average molecular weight is 617 g/mol. The number of esters is 1. The lowest BCUT2D eigenvalue weighted by Crippen LogP contribution is -2.34. The van der Waals surface area contributed by atoms with Gasteiger partial charge in [-0.2, -0.15) is 0 Å². The van der Waals surface area contributed by atoms with Crippen molar-refractivity contribution in [2.75, 3.05) is 30.0 Å². The summed E-state index contributed by atoms with van der Waals surface area (Å²) in [5.74, 6) is 6.69. The first-order valence-corrected chi connectivity index (χ1v) is 15.6. The number of ether oxygens (including phenoxy) is 2. The molecular formula is C36H32N4O4S. The second kappa shape index (κ2) is 13.2. The van der Waals surface area contributed by atoms with Gasteiger partial charge in [-0.3, -0.25) is 9.69 Å². The van der Waals surface area contributed by atoms with Crippen LogP contribution in [0.4, 0.5) is 10.9 Å². The van der Waals surface area contributed by atoms with Crippen LogP contribution in [0.25, 0.3) is 10.2 Å². The summed E-state index contributed by atoms with van der Waals surface area (Å²) in [4.78, 5) is 40.1. The monoisotopic (exact) mass is 616 g/mol. The highest BCUT2D eigenvalue weighted by molar-refractivity contribution is 7.22. The number of benzene rings is 3. The van der Waals surface area contributed by atoms with Crippen LogP contribution in [0, 0.1) is 11.8 Å². The molecule has 3 heterocycles. The van der Waals surface area contributed by atoms with Crippen LogP contribution in [-0.2, 0) is 17.7 Å². The van der Waals surface area contributed by atoms with Gasteiger partial charge in [0.05, 0.1) is 21.9 Å². The summed E-state index contributed by atoms with van der Waals surface area (Å²) in [7, 11) is 1.76. The molecule has 5 aromatic rings. The van der Waals surface area contributed by atoms with E-state index >= 15 is 0 Å². The van der Waals surface area contributed by atoms with E-state index in [1.165, 1.54) is 11.3 Å². The van der Waals surface area contributed by atoms with Crippen LogP contribution >= 0.6 is 11.3 Å². The zero-order valence-electron chi connectivity index (χ0n) is 25.3. The van der Waals surface area contributed by atoms with Crippen molar-refractivity contribution in [3.8, 4) is 17.6 Å². The molecule has 0 unspecified atom stereocenters.